The summed E-state index contributed by atoms with van der Waals surface area (Å²) in [7, 11) is 1.56. The van der Waals surface area contributed by atoms with E-state index in [1.54, 1.807) is 13.2 Å². The van der Waals surface area contributed by atoms with E-state index in [0.717, 1.165) is 24.0 Å². The fraction of sp³-hybridized carbons (Fsp3) is 0.286. The van der Waals surface area contributed by atoms with Crippen molar-refractivity contribution in [2.24, 2.45) is 5.92 Å². The molecule has 0 bridgehead atoms. The number of nitriles is 1. The van der Waals surface area contributed by atoms with E-state index in [4.69, 9.17) is 15.1 Å². The van der Waals surface area contributed by atoms with Gasteiger partial charge in [0.1, 0.15) is 5.75 Å². The van der Waals surface area contributed by atoms with Crippen LogP contribution in [0.3, 0.4) is 0 Å². The highest BCUT2D eigenvalue weighted by Crippen LogP contribution is 2.34. The first kappa shape index (κ1) is 12.2. The predicted molar refractivity (Wildman–Crippen MR) is 66.0 cm³/mol. The highest BCUT2D eigenvalue weighted by molar-refractivity contribution is 5.91. The monoisotopic (exact) mass is 243 g/mol. The Kier molecular flexibility index (Phi) is 3.33. The molecule has 0 aliphatic heterocycles. The molecule has 1 atom stereocenters. The van der Waals surface area contributed by atoms with E-state index in [1.807, 2.05) is 24.3 Å². The molecule has 1 aromatic rings. The van der Waals surface area contributed by atoms with Crippen LogP contribution in [0.1, 0.15) is 17.5 Å². The molecule has 1 N–H and O–H groups in total. The van der Waals surface area contributed by atoms with E-state index >= 15 is 0 Å². The Labute approximate surface area is 105 Å². The fourth-order valence-corrected chi connectivity index (χ4v) is 2.19. The Hall–Kier alpha value is -2.28. The molecule has 0 radical (unpaired) electrons. The summed E-state index contributed by atoms with van der Waals surface area (Å²) in [4.78, 5) is 11.1. The molecule has 1 aliphatic rings. The molecule has 4 heteroatoms. The summed E-state index contributed by atoms with van der Waals surface area (Å²) in [6.45, 7) is 0. The highest BCUT2D eigenvalue weighted by atomic mass is 16.5. The molecule has 0 heterocycles. The third-order valence-electron chi connectivity index (χ3n) is 3.09. The maximum Gasteiger partial charge on any atom is 0.325 e. The third-order valence-corrected chi connectivity index (χ3v) is 3.09. The van der Waals surface area contributed by atoms with Gasteiger partial charge in [0, 0.05) is 0 Å². The molecule has 1 unspecified atom stereocenters. The summed E-state index contributed by atoms with van der Waals surface area (Å²) in [5.74, 6) is -1.56. The lowest BCUT2D eigenvalue weighted by molar-refractivity contribution is -0.138. The van der Waals surface area contributed by atoms with Crippen molar-refractivity contribution in [1.82, 2.24) is 0 Å². The van der Waals surface area contributed by atoms with Crippen LogP contribution in [0, 0.1) is 17.2 Å². The molecular weight excluding hydrogens is 230 g/mol. The molecular formula is C14H13NO3. The number of aryl methyl sites for hydroxylation is 1. The molecule has 0 spiro atoms. The number of ether oxygens (including phenoxy) is 1. The molecule has 1 aromatic carbocycles. The van der Waals surface area contributed by atoms with Gasteiger partial charge in [-0.15, -0.1) is 0 Å². The molecule has 0 aromatic heterocycles. The first-order valence-electron chi connectivity index (χ1n) is 5.67. The number of aliphatic carboxylic acids is 1. The van der Waals surface area contributed by atoms with Crippen LogP contribution in [-0.4, -0.2) is 18.2 Å². The number of rotatable bonds is 3. The molecule has 0 amide bonds. The van der Waals surface area contributed by atoms with Crippen molar-refractivity contribution in [3.8, 4) is 11.8 Å². The van der Waals surface area contributed by atoms with Crippen LogP contribution in [0.15, 0.2) is 24.3 Å². The fourth-order valence-electron chi connectivity index (χ4n) is 2.19. The lowest BCUT2D eigenvalue weighted by Crippen LogP contribution is -2.16. The molecule has 1 aliphatic carbocycles. The second-order valence-electron chi connectivity index (χ2n) is 4.12. The van der Waals surface area contributed by atoms with Crippen LogP contribution in [0.5, 0.6) is 5.75 Å². The number of carboxylic acid groups (broad SMARTS) is 1. The largest absolute Gasteiger partial charge is 0.497 e. The Bertz CT molecular complexity index is 555. The summed E-state index contributed by atoms with van der Waals surface area (Å²) in [5.41, 5.74) is 2.45. The van der Waals surface area contributed by atoms with Crippen LogP contribution >= 0.6 is 0 Å². The molecule has 4 nitrogen and oxygen atoms in total. The molecule has 0 saturated carbocycles. The van der Waals surface area contributed by atoms with Crippen molar-refractivity contribution >= 4 is 11.5 Å². The van der Waals surface area contributed by atoms with Crippen molar-refractivity contribution < 1.29 is 14.6 Å². The van der Waals surface area contributed by atoms with Crippen molar-refractivity contribution in [1.29, 1.82) is 5.26 Å². The third kappa shape index (κ3) is 2.07. The first-order chi connectivity index (χ1) is 8.67. The van der Waals surface area contributed by atoms with Crippen LogP contribution in [0.2, 0.25) is 0 Å². The minimum atomic E-state index is -1.11. The van der Waals surface area contributed by atoms with Gasteiger partial charge in [-0.3, -0.25) is 4.79 Å². The number of methoxy groups -OCH3 is 1. The van der Waals surface area contributed by atoms with E-state index < -0.39 is 11.9 Å². The average molecular weight is 243 g/mol. The zero-order valence-corrected chi connectivity index (χ0v) is 10.0. The number of carboxylic acids is 1. The maximum atomic E-state index is 11.1. The van der Waals surface area contributed by atoms with Gasteiger partial charge in [-0.1, -0.05) is 12.1 Å². The summed E-state index contributed by atoms with van der Waals surface area (Å²) in [6.07, 6.45) is 3.46. The number of benzene rings is 1. The Balaban J connectivity index is 2.50. The van der Waals surface area contributed by atoms with E-state index in [2.05, 4.69) is 0 Å². The van der Waals surface area contributed by atoms with Gasteiger partial charge in [0.05, 0.1) is 13.2 Å². The SMILES string of the molecule is COc1ccc2c(c1)C(C(C#N)C(=O)O)=CCC2. The van der Waals surface area contributed by atoms with Gasteiger partial charge in [-0.2, -0.15) is 5.26 Å². The van der Waals surface area contributed by atoms with Gasteiger partial charge in [0.25, 0.3) is 0 Å². The molecule has 0 fully saturated rings. The average Bonchev–Trinajstić information content (AvgIpc) is 2.39. The van der Waals surface area contributed by atoms with E-state index in [-0.39, 0.29) is 0 Å². The maximum absolute atomic E-state index is 11.1. The van der Waals surface area contributed by atoms with Crippen molar-refractivity contribution in [2.45, 2.75) is 12.8 Å². The zero-order chi connectivity index (χ0) is 13.1. The zero-order valence-electron chi connectivity index (χ0n) is 10.0. The second kappa shape index (κ2) is 4.92. The molecule has 92 valence electrons. The Morgan fingerprint density at radius 3 is 2.94 bits per heavy atom. The number of fused-ring (bicyclic) bond motifs is 1. The van der Waals surface area contributed by atoms with Crippen molar-refractivity contribution in [3.63, 3.8) is 0 Å². The Morgan fingerprint density at radius 2 is 2.33 bits per heavy atom. The smallest absolute Gasteiger partial charge is 0.325 e. The minimum absolute atomic E-state index is 0.574. The first-order valence-corrected chi connectivity index (χ1v) is 5.67. The topological polar surface area (TPSA) is 70.3 Å². The molecule has 2 rings (SSSR count). The van der Waals surface area contributed by atoms with Gasteiger partial charge in [-0.05, 0) is 41.7 Å². The van der Waals surface area contributed by atoms with Crippen LogP contribution in [-0.2, 0) is 11.2 Å². The molecule has 18 heavy (non-hydrogen) atoms. The van der Waals surface area contributed by atoms with Crippen LogP contribution in [0.25, 0.3) is 5.57 Å². The Morgan fingerprint density at radius 1 is 1.56 bits per heavy atom. The predicted octanol–water partition coefficient (Wildman–Crippen LogP) is 2.25. The summed E-state index contributed by atoms with van der Waals surface area (Å²) >= 11 is 0. The molecule has 0 saturated heterocycles. The summed E-state index contributed by atoms with van der Waals surface area (Å²) in [5, 5.41) is 18.1. The number of carbonyl (C=O) groups is 1. The number of allylic oxidation sites excluding steroid dienone is 1. The van der Waals surface area contributed by atoms with E-state index in [0.29, 0.717) is 11.3 Å². The highest BCUT2D eigenvalue weighted by Gasteiger charge is 2.26. The van der Waals surface area contributed by atoms with E-state index in [9.17, 15) is 4.79 Å². The van der Waals surface area contributed by atoms with Gasteiger partial charge < -0.3 is 9.84 Å². The van der Waals surface area contributed by atoms with Gasteiger partial charge >= 0.3 is 5.97 Å². The minimum Gasteiger partial charge on any atom is -0.497 e. The van der Waals surface area contributed by atoms with Crippen molar-refractivity contribution in [2.75, 3.05) is 7.11 Å². The van der Waals surface area contributed by atoms with Gasteiger partial charge in [0.2, 0.25) is 0 Å². The lowest BCUT2D eigenvalue weighted by atomic mass is 9.84. The second-order valence-corrected chi connectivity index (χ2v) is 4.12. The number of hydrogen-bond acceptors (Lipinski definition) is 3. The standard InChI is InChI=1S/C14H13NO3/c1-18-10-6-5-9-3-2-4-11(12(9)7-10)13(8-15)14(16)17/h4-7,13H,2-3H2,1H3,(H,16,17). The van der Waals surface area contributed by atoms with Crippen LogP contribution < -0.4 is 4.74 Å². The normalized spacial score (nSPS) is 15.0. The number of nitrogens with zero attached hydrogens (tertiary/aromatic N) is 1. The van der Waals surface area contributed by atoms with Gasteiger partial charge in [-0.25, -0.2) is 0 Å². The number of hydrogen-bond donors (Lipinski definition) is 1. The van der Waals surface area contributed by atoms with Crippen LogP contribution in [0.4, 0.5) is 0 Å². The van der Waals surface area contributed by atoms with E-state index in [1.165, 1.54) is 0 Å². The quantitative estimate of drug-likeness (QED) is 0.883. The van der Waals surface area contributed by atoms with Crippen molar-refractivity contribution in [3.05, 3.63) is 35.4 Å². The summed E-state index contributed by atoms with van der Waals surface area (Å²) < 4.78 is 5.14. The van der Waals surface area contributed by atoms with Gasteiger partial charge in [0.15, 0.2) is 5.92 Å². The lowest BCUT2D eigenvalue weighted by Gasteiger charge is -2.20. The summed E-state index contributed by atoms with van der Waals surface area (Å²) in [6, 6.07) is 7.42.